The zero-order valence-corrected chi connectivity index (χ0v) is 23.7. The molecule has 3 rings (SSSR count). The van der Waals surface area contributed by atoms with Crippen molar-refractivity contribution >= 4 is 39.1 Å². The molecule has 0 aromatic heterocycles. The molecule has 2 amide bonds. The van der Waals surface area contributed by atoms with Crippen LogP contribution < -0.4 is 9.62 Å². The molecule has 0 bridgehead atoms. The number of aryl methyl sites for hydroxylation is 2. The third kappa shape index (κ3) is 7.36. The van der Waals surface area contributed by atoms with Gasteiger partial charge >= 0.3 is 0 Å². The first-order valence-corrected chi connectivity index (χ1v) is 14.3. The van der Waals surface area contributed by atoms with Crippen molar-refractivity contribution in [3.8, 4) is 0 Å². The molecule has 0 aliphatic rings. The van der Waals surface area contributed by atoms with Gasteiger partial charge in [-0.1, -0.05) is 66.0 Å². The molecule has 1 atom stereocenters. The van der Waals surface area contributed by atoms with Gasteiger partial charge in [-0.15, -0.1) is 0 Å². The first kappa shape index (κ1) is 29.2. The van der Waals surface area contributed by atoms with E-state index in [1.165, 1.54) is 17.0 Å². The van der Waals surface area contributed by atoms with Crippen LogP contribution in [-0.4, -0.2) is 44.3 Å². The minimum atomic E-state index is -4.11. The number of hydrogen-bond acceptors (Lipinski definition) is 4. The molecule has 1 N–H and O–H groups in total. The molecule has 0 fully saturated rings. The molecular weight excluding hydrogens is 522 g/mol. The fourth-order valence-electron chi connectivity index (χ4n) is 3.84. The van der Waals surface area contributed by atoms with Gasteiger partial charge in [0, 0.05) is 18.1 Å². The van der Waals surface area contributed by atoms with E-state index >= 15 is 0 Å². The molecule has 9 heteroatoms. The van der Waals surface area contributed by atoms with E-state index in [2.05, 4.69) is 5.32 Å². The number of sulfonamides is 1. The summed E-state index contributed by atoms with van der Waals surface area (Å²) >= 11 is 6.05. The van der Waals surface area contributed by atoms with Gasteiger partial charge in [-0.05, 0) is 69.2 Å². The van der Waals surface area contributed by atoms with E-state index in [-0.39, 0.29) is 17.3 Å². The lowest BCUT2D eigenvalue weighted by atomic mass is 10.1. The highest BCUT2D eigenvalue weighted by Crippen LogP contribution is 2.26. The summed E-state index contributed by atoms with van der Waals surface area (Å²) < 4.78 is 28.6. The number of amides is 2. The number of hydrogen-bond donors (Lipinski definition) is 1. The normalized spacial score (nSPS) is 12.0. The van der Waals surface area contributed by atoms with Gasteiger partial charge in [0.1, 0.15) is 12.6 Å². The Kier molecular flexibility index (Phi) is 9.94. The number of nitrogens with one attached hydrogen (secondary N) is 1. The number of carbonyl (C=O) groups excluding carboxylic acids is 2. The van der Waals surface area contributed by atoms with E-state index in [9.17, 15) is 18.0 Å². The van der Waals surface area contributed by atoms with Crippen LogP contribution in [0.3, 0.4) is 0 Å². The van der Waals surface area contributed by atoms with Gasteiger partial charge in [-0.3, -0.25) is 13.9 Å². The van der Waals surface area contributed by atoms with Crippen LogP contribution in [0.2, 0.25) is 5.02 Å². The van der Waals surface area contributed by atoms with E-state index in [1.807, 2.05) is 45.0 Å². The topological polar surface area (TPSA) is 86.8 Å². The Morgan fingerprint density at radius 1 is 0.895 bits per heavy atom. The van der Waals surface area contributed by atoms with E-state index in [0.717, 1.165) is 27.4 Å². The van der Waals surface area contributed by atoms with Crippen LogP contribution in [0.5, 0.6) is 0 Å². The maximum absolute atomic E-state index is 13.8. The number of halogens is 1. The highest BCUT2D eigenvalue weighted by Gasteiger charge is 2.32. The van der Waals surface area contributed by atoms with Crippen molar-refractivity contribution in [2.24, 2.45) is 0 Å². The zero-order chi connectivity index (χ0) is 27.9. The monoisotopic (exact) mass is 555 g/mol. The summed E-state index contributed by atoms with van der Waals surface area (Å²) in [4.78, 5) is 28.2. The van der Waals surface area contributed by atoms with Gasteiger partial charge in [-0.2, -0.15) is 0 Å². The van der Waals surface area contributed by atoms with Crippen LogP contribution in [0.4, 0.5) is 5.69 Å². The van der Waals surface area contributed by atoms with Crippen LogP contribution in [0.25, 0.3) is 0 Å². The summed E-state index contributed by atoms with van der Waals surface area (Å²) in [5, 5.41) is 3.28. The van der Waals surface area contributed by atoms with Crippen LogP contribution in [0.1, 0.15) is 37.0 Å². The van der Waals surface area contributed by atoms with Crippen molar-refractivity contribution in [3.63, 3.8) is 0 Å². The molecule has 1 unspecified atom stereocenters. The smallest absolute Gasteiger partial charge is 0.264 e. The van der Waals surface area contributed by atoms with Crippen LogP contribution in [-0.2, 0) is 26.2 Å². The molecule has 202 valence electrons. The Bertz CT molecular complexity index is 1340. The summed E-state index contributed by atoms with van der Waals surface area (Å²) in [6.45, 7) is 7.57. The summed E-state index contributed by atoms with van der Waals surface area (Å²) in [5.74, 6) is -0.804. The molecule has 0 radical (unpaired) electrons. The molecule has 3 aromatic carbocycles. The molecule has 38 heavy (non-hydrogen) atoms. The molecule has 0 aliphatic heterocycles. The number of rotatable bonds is 11. The lowest BCUT2D eigenvalue weighted by molar-refractivity contribution is -0.139. The summed E-state index contributed by atoms with van der Waals surface area (Å²) in [6.07, 6.45) is 0.753. The maximum Gasteiger partial charge on any atom is 0.264 e. The molecule has 0 spiro atoms. The van der Waals surface area contributed by atoms with Crippen molar-refractivity contribution in [1.82, 2.24) is 10.2 Å². The third-order valence-electron chi connectivity index (χ3n) is 6.19. The number of carbonyl (C=O) groups is 2. The Balaban J connectivity index is 2.00. The van der Waals surface area contributed by atoms with Gasteiger partial charge in [0.05, 0.1) is 10.6 Å². The molecule has 0 aliphatic carbocycles. The van der Waals surface area contributed by atoms with Crippen LogP contribution >= 0.6 is 11.6 Å². The van der Waals surface area contributed by atoms with E-state index in [1.54, 1.807) is 43.3 Å². The summed E-state index contributed by atoms with van der Waals surface area (Å²) in [7, 11) is -4.11. The van der Waals surface area contributed by atoms with E-state index in [0.29, 0.717) is 17.3 Å². The largest absolute Gasteiger partial charge is 0.354 e. The third-order valence-corrected chi connectivity index (χ3v) is 8.23. The number of nitrogens with zero attached hydrogens (tertiary/aromatic N) is 2. The fraction of sp³-hybridized carbons (Fsp3) is 0.310. The number of benzene rings is 3. The average molecular weight is 556 g/mol. The highest BCUT2D eigenvalue weighted by atomic mass is 35.5. The SMILES string of the molecule is CCCNC(=O)C(C)N(Cc1ccc(C)cc1)C(=O)CN(c1ccc(Cl)cc1)S(=O)(=O)c1ccc(C)cc1. The molecule has 0 saturated carbocycles. The fourth-order valence-corrected chi connectivity index (χ4v) is 5.38. The van der Waals surface area contributed by atoms with Crippen molar-refractivity contribution in [3.05, 3.63) is 94.5 Å². The van der Waals surface area contributed by atoms with Crippen LogP contribution in [0.15, 0.2) is 77.7 Å². The molecule has 7 nitrogen and oxygen atoms in total. The lowest BCUT2D eigenvalue weighted by Gasteiger charge is -2.32. The first-order chi connectivity index (χ1) is 18.0. The van der Waals surface area contributed by atoms with Gasteiger partial charge in [0.2, 0.25) is 11.8 Å². The second kappa shape index (κ2) is 12.9. The van der Waals surface area contributed by atoms with Gasteiger partial charge in [-0.25, -0.2) is 8.42 Å². The predicted octanol–water partition coefficient (Wildman–Crippen LogP) is 5.10. The highest BCUT2D eigenvalue weighted by molar-refractivity contribution is 7.92. The van der Waals surface area contributed by atoms with Gasteiger partial charge < -0.3 is 10.2 Å². The van der Waals surface area contributed by atoms with Crippen molar-refractivity contribution < 1.29 is 18.0 Å². The Hall–Kier alpha value is -3.36. The summed E-state index contributed by atoms with van der Waals surface area (Å²) in [6, 6.07) is 19.6. The van der Waals surface area contributed by atoms with Gasteiger partial charge in [0.25, 0.3) is 10.0 Å². The summed E-state index contributed by atoms with van der Waals surface area (Å²) in [5.41, 5.74) is 3.10. The Morgan fingerprint density at radius 2 is 1.45 bits per heavy atom. The van der Waals surface area contributed by atoms with Crippen molar-refractivity contribution in [2.45, 2.75) is 51.6 Å². The maximum atomic E-state index is 13.8. The van der Waals surface area contributed by atoms with Crippen LogP contribution in [0, 0.1) is 13.8 Å². The minimum absolute atomic E-state index is 0.0599. The average Bonchev–Trinajstić information content (AvgIpc) is 2.90. The zero-order valence-electron chi connectivity index (χ0n) is 22.1. The molecule has 0 heterocycles. The van der Waals surface area contributed by atoms with Crippen molar-refractivity contribution in [1.29, 1.82) is 0 Å². The quantitative estimate of drug-likeness (QED) is 0.357. The van der Waals surface area contributed by atoms with Gasteiger partial charge in [0.15, 0.2) is 0 Å². The standard InChI is InChI=1S/C29H34ClN3O4S/c1-5-18-31-29(35)23(4)32(19-24-10-6-21(2)7-11-24)28(34)20-33(26-14-12-25(30)13-15-26)38(36,37)27-16-8-22(3)9-17-27/h6-17,23H,5,18-20H2,1-4H3,(H,31,35). The lowest BCUT2D eigenvalue weighted by Crippen LogP contribution is -2.51. The second-order valence-electron chi connectivity index (χ2n) is 9.28. The Morgan fingerprint density at radius 3 is 2.00 bits per heavy atom. The number of anilines is 1. The Labute approximate surface area is 230 Å². The predicted molar refractivity (Wildman–Crippen MR) is 152 cm³/mol. The molecule has 0 saturated heterocycles. The second-order valence-corrected chi connectivity index (χ2v) is 11.6. The van der Waals surface area contributed by atoms with Crippen molar-refractivity contribution in [2.75, 3.05) is 17.4 Å². The first-order valence-electron chi connectivity index (χ1n) is 12.5. The van der Waals surface area contributed by atoms with E-state index < -0.39 is 28.5 Å². The molecule has 3 aromatic rings. The van der Waals surface area contributed by atoms with E-state index in [4.69, 9.17) is 11.6 Å². The molecular formula is C29H34ClN3O4S. The minimum Gasteiger partial charge on any atom is -0.354 e.